The molecule has 0 aromatic carbocycles. The van der Waals surface area contributed by atoms with Crippen LogP contribution in [-0.2, 0) is 9.59 Å². The Morgan fingerprint density at radius 3 is 2.60 bits per heavy atom. The summed E-state index contributed by atoms with van der Waals surface area (Å²) in [6, 6.07) is 0.289. The zero-order valence-corrected chi connectivity index (χ0v) is 12.0. The Bertz CT molecular complexity index is 533. The van der Waals surface area contributed by atoms with Crippen LogP contribution in [0.25, 0.3) is 0 Å². The van der Waals surface area contributed by atoms with Crippen LogP contribution < -0.4 is 0 Å². The van der Waals surface area contributed by atoms with Gasteiger partial charge in [0.15, 0.2) is 0 Å². The van der Waals surface area contributed by atoms with Gasteiger partial charge in [-0.15, -0.1) is 0 Å². The van der Waals surface area contributed by atoms with E-state index in [0.717, 1.165) is 25.1 Å². The molecule has 0 radical (unpaired) electrons. The summed E-state index contributed by atoms with van der Waals surface area (Å²) in [5, 5.41) is 4.33. The number of carbonyl (C=O) groups is 2. The smallest absolute Gasteiger partial charge is 0.229 e. The maximum absolute atomic E-state index is 12.3. The van der Waals surface area contributed by atoms with Crippen LogP contribution in [-0.4, -0.2) is 57.6 Å². The van der Waals surface area contributed by atoms with Gasteiger partial charge in [0.2, 0.25) is 11.8 Å². The van der Waals surface area contributed by atoms with Crippen LogP contribution in [0.3, 0.4) is 0 Å². The molecule has 2 saturated heterocycles. The van der Waals surface area contributed by atoms with Crippen molar-refractivity contribution in [1.82, 2.24) is 19.6 Å². The molecule has 20 heavy (non-hydrogen) atoms. The Balaban J connectivity index is 1.55. The summed E-state index contributed by atoms with van der Waals surface area (Å²) in [5.41, 5.74) is 1.14. The van der Waals surface area contributed by atoms with Gasteiger partial charge in [-0.3, -0.25) is 14.3 Å². The van der Waals surface area contributed by atoms with E-state index in [-0.39, 0.29) is 23.8 Å². The first-order chi connectivity index (χ1) is 9.54. The van der Waals surface area contributed by atoms with Crippen LogP contribution in [0.1, 0.15) is 24.9 Å². The molecule has 2 aliphatic rings. The number of likely N-dealkylation sites (tertiary alicyclic amines) is 2. The van der Waals surface area contributed by atoms with Crippen molar-refractivity contribution in [1.29, 1.82) is 0 Å². The first-order valence-corrected chi connectivity index (χ1v) is 7.09. The van der Waals surface area contributed by atoms with Crippen molar-refractivity contribution in [3.63, 3.8) is 0 Å². The third-order valence-corrected chi connectivity index (χ3v) is 4.26. The summed E-state index contributed by atoms with van der Waals surface area (Å²) in [6.07, 6.45) is 4.83. The summed E-state index contributed by atoms with van der Waals surface area (Å²) in [7, 11) is 0. The average molecular weight is 276 g/mol. The Morgan fingerprint density at radius 2 is 2.00 bits per heavy atom. The van der Waals surface area contributed by atoms with Crippen molar-refractivity contribution in [2.75, 3.05) is 26.2 Å². The monoisotopic (exact) mass is 276 g/mol. The molecular weight excluding hydrogens is 256 g/mol. The van der Waals surface area contributed by atoms with Gasteiger partial charge in [-0.05, 0) is 18.9 Å². The van der Waals surface area contributed by atoms with Gasteiger partial charge in [0, 0.05) is 39.3 Å². The zero-order chi connectivity index (χ0) is 14.3. The first-order valence-electron chi connectivity index (χ1n) is 7.09. The molecule has 6 nitrogen and oxygen atoms in total. The standard InChI is InChI=1S/C14H20N4O2/c1-10-5-15-18(6-10)13-3-4-16(9-13)14(20)12-7-17(8-12)11(2)19/h5-6,12-13H,3-4,7-9H2,1-2H3. The highest BCUT2D eigenvalue weighted by Gasteiger charge is 2.39. The van der Waals surface area contributed by atoms with Gasteiger partial charge < -0.3 is 9.80 Å². The van der Waals surface area contributed by atoms with Crippen LogP contribution in [0.2, 0.25) is 0 Å². The summed E-state index contributed by atoms with van der Waals surface area (Å²) in [6.45, 7) is 6.25. The Kier molecular flexibility index (Phi) is 3.23. The molecule has 0 spiro atoms. The molecule has 2 aliphatic heterocycles. The van der Waals surface area contributed by atoms with Crippen molar-refractivity contribution < 1.29 is 9.59 Å². The second-order valence-electron chi connectivity index (χ2n) is 5.85. The minimum atomic E-state index is -0.00277. The zero-order valence-electron chi connectivity index (χ0n) is 12.0. The molecule has 6 heteroatoms. The van der Waals surface area contributed by atoms with Gasteiger partial charge in [0.05, 0.1) is 18.2 Å². The quantitative estimate of drug-likeness (QED) is 0.787. The Morgan fingerprint density at radius 1 is 1.25 bits per heavy atom. The predicted octanol–water partition coefficient (Wildman–Crippen LogP) is 0.443. The van der Waals surface area contributed by atoms with Crippen molar-refractivity contribution in [3.05, 3.63) is 18.0 Å². The van der Waals surface area contributed by atoms with Gasteiger partial charge in [-0.2, -0.15) is 5.10 Å². The highest BCUT2D eigenvalue weighted by atomic mass is 16.2. The normalized spacial score (nSPS) is 23.0. The minimum absolute atomic E-state index is 0.00277. The van der Waals surface area contributed by atoms with Gasteiger partial charge in [-0.1, -0.05) is 0 Å². The van der Waals surface area contributed by atoms with E-state index < -0.39 is 0 Å². The molecule has 1 unspecified atom stereocenters. The number of hydrogen-bond donors (Lipinski definition) is 0. The molecule has 1 aromatic heterocycles. The van der Waals surface area contributed by atoms with Crippen LogP contribution in [0.5, 0.6) is 0 Å². The van der Waals surface area contributed by atoms with E-state index in [1.165, 1.54) is 0 Å². The molecule has 0 saturated carbocycles. The van der Waals surface area contributed by atoms with E-state index in [4.69, 9.17) is 0 Å². The molecule has 1 aromatic rings. The second kappa shape index (κ2) is 4.92. The molecule has 3 rings (SSSR count). The van der Waals surface area contributed by atoms with Crippen LogP contribution >= 0.6 is 0 Å². The fourth-order valence-corrected chi connectivity index (χ4v) is 2.94. The molecule has 0 aliphatic carbocycles. The van der Waals surface area contributed by atoms with Crippen molar-refractivity contribution in [3.8, 4) is 0 Å². The van der Waals surface area contributed by atoms with Crippen molar-refractivity contribution >= 4 is 11.8 Å². The van der Waals surface area contributed by atoms with E-state index >= 15 is 0 Å². The maximum atomic E-state index is 12.3. The van der Waals surface area contributed by atoms with Gasteiger partial charge in [-0.25, -0.2) is 0 Å². The SMILES string of the molecule is CC(=O)N1CC(C(=O)N2CCC(n3cc(C)cn3)C2)C1. The second-order valence-corrected chi connectivity index (χ2v) is 5.85. The molecular formula is C14H20N4O2. The molecule has 108 valence electrons. The van der Waals surface area contributed by atoms with Crippen LogP contribution in [0, 0.1) is 12.8 Å². The number of carbonyl (C=O) groups excluding carboxylic acids is 2. The van der Waals surface area contributed by atoms with Crippen molar-refractivity contribution in [2.45, 2.75) is 26.3 Å². The summed E-state index contributed by atoms with van der Waals surface area (Å²) in [4.78, 5) is 27.1. The van der Waals surface area contributed by atoms with Crippen LogP contribution in [0.15, 0.2) is 12.4 Å². The van der Waals surface area contributed by atoms with Crippen LogP contribution in [0.4, 0.5) is 0 Å². The highest BCUT2D eigenvalue weighted by molar-refractivity contribution is 5.83. The molecule has 2 amide bonds. The number of aromatic nitrogens is 2. The number of hydrogen-bond acceptors (Lipinski definition) is 3. The van der Waals surface area contributed by atoms with Gasteiger partial charge in [0.1, 0.15) is 0 Å². The topological polar surface area (TPSA) is 58.4 Å². The average Bonchev–Trinajstić information content (AvgIpc) is 2.94. The lowest BCUT2D eigenvalue weighted by Gasteiger charge is -2.39. The Hall–Kier alpha value is -1.85. The van der Waals surface area contributed by atoms with E-state index in [0.29, 0.717) is 13.1 Å². The number of aryl methyl sites for hydroxylation is 1. The highest BCUT2D eigenvalue weighted by Crippen LogP contribution is 2.25. The number of nitrogens with zero attached hydrogens (tertiary/aromatic N) is 4. The van der Waals surface area contributed by atoms with Gasteiger partial charge >= 0.3 is 0 Å². The summed E-state index contributed by atoms with van der Waals surface area (Å²) in [5.74, 6) is 0.242. The minimum Gasteiger partial charge on any atom is -0.341 e. The fraction of sp³-hybridized carbons (Fsp3) is 0.643. The van der Waals surface area contributed by atoms with E-state index in [1.54, 1.807) is 11.8 Å². The largest absolute Gasteiger partial charge is 0.341 e. The fourth-order valence-electron chi connectivity index (χ4n) is 2.94. The predicted molar refractivity (Wildman–Crippen MR) is 72.9 cm³/mol. The van der Waals surface area contributed by atoms with Gasteiger partial charge in [0.25, 0.3) is 0 Å². The lowest BCUT2D eigenvalue weighted by molar-refractivity contribution is -0.146. The molecule has 3 heterocycles. The third kappa shape index (κ3) is 2.30. The molecule has 0 bridgehead atoms. The third-order valence-electron chi connectivity index (χ3n) is 4.26. The van der Waals surface area contributed by atoms with E-state index in [9.17, 15) is 9.59 Å². The number of rotatable bonds is 2. The van der Waals surface area contributed by atoms with E-state index in [2.05, 4.69) is 5.10 Å². The summed E-state index contributed by atoms with van der Waals surface area (Å²) < 4.78 is 1.96. The lowest BCUT2D eigenvalue weighted by Crippen LogP contribution is -2.55. The lowest BCUT2D eigenvalue weighted by atomic mass is 9.98. The van der Waals surface area contributed by atoms with E-state index in [1.807, 2.05) is 28.9 Å². The molecule has 2 fully saturated rings. The molecule has 1 atom stereocenters. The molecule has 0 N–H and O–H groups in total. The maximum Gasteiger partial charge on any atom is 0.229 e. The number of amides is 2. The summed E-state index contributed by atoms with van der Waals surface area (Å²) >= 11 is 0. The first kappa shape index (κ1) is 13.1. The Labute approximate surface area is 118 Å². The van der Waals surface area contributed by atoms with Crippen molar-refractivity contribution in [2.24, 2.45) is 5.92 Å².